The summed E-state index contributed by atoms with van der Waals surface area (Å²) in [4.78, 5) is 24.9. The molecular formula is C23H32N2O3. The Kier molecular flexibility index (Phi) is 5.61. The van der Waals surface area contributed by atoms with E-state index in [2.05, 4.69) is 17.6 Å². The molecule has 5 rings (SSSR count). The van der Waals surface area contributed by atoms with E-state index in [4.69, 9.17) is 4.74 Å². The molecule has 0 atom stereocenters. The zero-order valence-corrected chi connectivity index (χ0v) is 16.8. The molecule has 5 nitrogen and oxygen atoms in total. The molecule has 2 amide bonds. The zero-order chi connectivity index (χ0) is 19.6. The second kappa shape index (κ2) is 8.14. The fourth-order valence-corrected chi connectivity index (χ4v) is 5.99. The first kappa shape index (κ1) is 19.3. The molecule has 1 aromatic carbocycles. The standard InChI is InChI=1S/C23H32N2O3/c1-2-3-4-8-28-21(26)19-6-5-7-20(12-19)24-22(27)25-23-13-16-9-17(14-23)11-18(10-16)15-23/h5-7,12,16-18H,2-4,8-11,13-15H2,1H3,(H2,24,25,27). The number of ether oxygens (including phenoxy) is 1. The number of amides is 2. The summed E-state index contributed by atoms with van der Waals surface area (Å²) in [5.74, 6) is 2.04. The van der Waals surface area contributed by atoms with Gasteiger partial charge in [0.25, 0.3) is 0 Å². The number of hydrogen-bond donors (Lipinski definition) is 2. The summed E-state index contributed by atoms with van der Waals surface area (Å²) < 4.78 is 5.31. The molecule has 5 heteroatoms. The van der Waals surface area contributed by atoms with Gasteiger partial charge in [-0.1, -0.05) is 25.8 Å². The predicted octanol–water partition coefficient (Wildman–Crippen LogP) is 5.12. The van der Waals surface area contributed by atoms with E-state index in [1.54, 1.807) is 18.2 Å². The van der Waals surface area contributed by atoms with Gasteiger partial charge < -0.3 is 15.4 Å². The van der Waals surface area contributed by atoms with Crippen LogP contribution in [0.25, 0.3) is 0 Å². The van der Waals surface area contributed by atoms with Crippen LogP contribution in [0.1, 0.15) is 75.1 Å². The van der Waals surface area contributed by atoms with Crippen molar-refractivity contribution in [2.24, 2.45) is 17.8 Å². The van der Waals surface area contributed by atoms with Crippen molar-refractivity contribution in [1.82, 2.24) is 5.32 Å². The maximum Gasteiger partial charge on any atom is 0.338 e. The van der Waals surface area contributed by atoms with E-state index in [-0.39, 0.29) is 17.5 Å². The first-order valence-electron chi connectivity index (χ1n) is 10.9. The molecule has 1 aromatic rings. The molecule has 4 aliphatic carbocycles. The number of unbranched alkanes of at least 4 members (excludes halogenated alkanes) is 2. The number of nitrogens with one attached hydrogen (secondary N) is 2. The van der Waals surface area contributed by atoms with E-state index in [1.165, 1.54) is 19.3 Å². The highest BCUT2D eigenvalue weighted by Gasteiger charge is 2.51. The van der Waals surface area contributed by atoms with Crippen molar-refractivity contribution in [3.63, 3.8) is 0 Å². The van der Waals surface area contributed by atoms with Crippen molar-refractivity contribution in [3.8, 4) is 0 Å². The lowest BCUT2D eigenvalue weighted by atomic mass is 9.53. The minimum absolute atomic E-state index is 0.0192. The molecule has 4 fully saturated rings. The molecule has 0 aliphatic heterocycles. The van der Waals surface area contributed by atoms with Gasteiger partial charge in [-0.15, -0.1) is 0 Å². The largest absolute Gasteiger partial charge is 0.462 e. The van der Waals surface area contributed by atoms with E-state index in [9.17, 15) is 9.59 Å². The van der Waals surface area contributed by atoms with E-state index >= 15 is 0 Å². The van der Waals surface area contributed by atoms with Crippen LogP contribution in [-0.2, 0) is 4.74 Å². The normalized spacial score (nSPS) is 30.1. The summed E-state index contributed by atoms with van der Waals surface area (Å²) in [6.45, 7) is 2.56. The highest BCUT2D eigenvalue weighted by atomic mass is 16.5. The number of benzene rings is 1. The molecule has 4 saturated carbocycles. The molecular weight excluding hydrogens is 352 g/mol. The van der Waals surface area contributed by atoms with Gasteiger partial charge in [-0.25, -0.2) is 9.59 Å². The number of urea groups is 1. The van der Waals surface area contributed by atoms with Crippen molar-refractivity contribution in [1.29, 1.82) is 0 Å². The Morgan fingerprint density at radius 1 is 1.07 bits per heavy atom. The summed E-state index contributed by atoms with van der Waals surface area (Å²) in [7, 11) is 0. The van der Waals surface area contributed by atoms with Gasteiger partial charge in [0.1, 0.15) is 0 Å². The topological polar surface area (TPSA) is 67.4 Å². The fraction of sp³-hybridized carbons (Fsp3) is 0.652. The summed E-state index contributed by atoms with van der Waals surface area (Å²) >= 11 is 0. The molecule has 0 radical (unpaired) electrons. The first-order valence-corrected chi connectivity index (χ1v) is 10.9. The van der Waals surface area contributed by atoms with Gasteiger partial charge in [-0.3, -0.25) is 0 Å². The lowest BCUT2D eigenvalue weighted by Crippen LogP contribution is -2.60. The Hall–Kier alpha value is -2.04. The quantitative estimate of drug-likeness (QED) is 0.506. The molecule has 4 bridgehead atoms. The number of carbonyl (C=O) groups is 2. The second-order valence-corrected chi connectivity index (χ2v) is 9.20. The average molecular weight is 385 g/mol. The Bertz CT molecular complexity index is 695. The summed E-state index contributed by atoms with van der Waals surface area (Å²) in [6.07, 6.45) is 10.5. The molecule has 0 aromatic heterocycles. The van der Waals surface area contributed by atoms with Gasteiger partial charge in [0, 0.05) is 11.2 Å². The molecule has 2 N–H and O–H groups in total. The van der Waals surface area contributed by atoms with Crippen LogP contribution in [0.4, 0.5) is 10.5 Å². The lowest BCUT2D eigenvalue weighted by Gasteiger charge is -2.56. The van der Waals surface area contributed by atoms with Crippen molar-refractivity contribution in [2.45, 2.75) is 70.3 Å². The molecule has 0 spiro atoms. The van der Waals surface area contributed by atoms with Crippen LogP contribution in [0.2, 0.25) is 0 Å². The molecule has 0 saturated heterocycles. The van der Waals surface area contributed by atoms with Gasteiger partial charge >= 0.3 is 12.0 Å². The van der Waals surface area contributed by atoms with Crippen LogP contribution in [-0.4, -0.2) is 24.1 Å². The molecule has 0 unspecified atom stereocenters. The highest BCUT2D eigenvalue weighted by Crippen LogP contribution is 2.55. The number of anilines is 1. The monoisotopic (exact) mass is 384 g/mol. The Morgan fingerprint density at radius 2 is 1.75 bits per heavy atom. The van der Waals surface area contributed by atoms with Crippen molar-refractivity contribution >= 4 is 17.7 Å². The van der Waals surface area contributed by atoms with Crippen molar-refractivity contribution in [2.75, 3.05) is 11.9 Å². The van der Waals surface area contributed by atoms with Crippen molar-refractivity contribution in [3.05, 3.63) is 29.8 Å². The number of hydrogen-bond acceptors (Lipinski definition) is 3. The van der Waals surface area contributed by atoms with Crippen LogP contribution in [0, 0.1) is 17.8 Å². The maximum absolute atomic E-state index is 12.7. The van der Waals surface area contributed by atoms with E-state index in [0.717, 1.165) is 56.3 Å². The highest BCUT2D eigenvalue weighted by molar-refractivity contribution is 5.94. The zero-order valence-electron chi connectivity index (χ0n) is 16.8. The van der Waals surface area contributed by atoms with Gasteiger partial charge in [-0.05, 0) is 80.9 Å². The van der Waals surface area contributed by atoms with Gasteiger partial charge in [0.2, 0.25) is 0 Å². The molecule has 0 heterocycles. The fourth-order valence-electron chi connectivity index (χ4n) is 5.99. The second-order valence-electron chi connectivity index (χ2n) is 9.20. The van der Waals surface area contributed by atoms with Gasteiger partial charge in [0.05, 0.1) is 12.2 Å². The Balaban J connectivity index is 1.33. The summed E-state index contributed by atoms with van der Waals surface area (Å²) in [6, 6.07) is 6.86. The van der Waals surface area contributed by atoms with E-state index in [1.807, 2.05) is 6.07 Å². The molecule has 28 heavy (non-hydrogen) atoms. The van der Waals surface area contributed by atoms with Crippen LogP contribution in [0.3, 0.4) is 0 Å². The number of carbonyl (C=O) groups excluding carboxylic acids is 2. The van der Waals surface area contributed by atoms with E-state index in [0.29, 0.717) is 17.9 Å². The molecule has 152 valence electrons. The first-order chi connectivity index (χ1) is 13.5. The predicted molar refractivity (Wildman–Crippen MR) is 109 cm³/mol. The number of rotatable bonds is 7. The number of esters is 1. The van der Waals surface area contributed by atoms with Crippen LogP contribution < -0.4 is 10.6 Å². The summed E-state index contributed by atoms with van der Waals surface area (Å²) in [5, 5.41) is 6.23. The third-order valence-electron chi connectivity index (χ3n) is 6.75. The lowest BCUT2D eigenvalue weighted by molar-refractivity contribution is -0.0127. The van der Waals surface area contributed by atoms with Crippen LogP contribution in [0.15, 0.2) is 24.3 Å². The smallest absolute Gasteiger partial charge is 0.338 e. The van der Waals surface area contributed by atoms with Crippen molar-refractivity contribution < 1.29 is 14.3 Å². The minimum Gasteiger partial charge on any atom is -0.462 e. The van der Waals surface area contributed by atoms with Crippen LogP contribution >= 0.6 is 0 Å². The maximum atomic E-state index is 12.7. The summed E-state index contributed by atoms with van der Waals surface area (Å²) in [5.41, 5.74) is 1.09. The third-order valence-corrected chi connectivity index (χ3v) is 6.75. The molecule has 4 aliphatic rings. The van der Waals surface area contributed by atoms with Gasteiger partial charge in [0.15, 0.2) is 0 Å². The SMILES string of the molecule is CCCCCOC(=O)c1cccc(NC(=O)NC23CC4CC(CC(C4)C2)C3)c1. The minimum atomic E-state index is -0.332. The van der Waals surface area contributed by atoms with Gasteiger partial charge in [-0.2, -0.15) is 0 Å². The Labute approximate surface area is 167 Å². The van der Waals surface area contributed by atoms with E-state index < -0.39 is 0 Å². The Morgan fingerprint density at radius 3 is 2.39 bits per heavy atom. The van der Waals surface area contributed by atoms with Crippen LogP contribution in [0.5, 0.6) is 0 Å². The average Bonchev–Trinajstić information content (AvgIpc) is 2.63. The third kappa shape index (κ3) is 4.34.